The highest BCUT2D eigenvalue weighted by Gasteiger charge is 2.32. The highest BCUT2D eigenvalue weighted by molar-refractivity contribution is 7.92. The van der Waals surface area contributed by atoms with Crippen LogP contribution in [0.4, 0.5) is 10.1 Å². The number of benzene rings is 2. The first kappa shape index (κ1) is 27.3. The van der Waals surface area contributed by atoms with Crippen LogP contribution in [0.3, 0.4) is 0 Å². The molecule has 2 amide bonds. The van der Waals surface area contributed by atoms with Gasteiger partial charge in [0.2, 0.25) is 21.8 Å². The van der Waals surface area contributed by atoms with E-state index in [0.717, 1.165) is 28.3 Å². The summed E-state index contributed by atoms with van der Waals surface area (Å²) in [5.41, 5.74) is 0.670. The molecule has 0 radical (unpaired) electrons. The lowest BCUT2D eigenvalue weighted by atomic mass is 10.1. The molecule has 0 fully saturated rings. The van der Waals surface area contributed by atoms with Crippen molar-refractivity contribution in [2.45, 2.75) is 52.1 Å². The van der Waals surface area contributed by atoms with E-state index in [4.69, 9.17) is 0 Å². The summed E-state index contributed by atoms with van der Waals surface area (Å²) in [6.07, 6.45) is 1.85. The summed E-state index contributed by atoms with van der Waals surface area (Å²) >= 11 is 0. The number of hydrogen-bond acceptors (Lipinski definition) is 4. The van der Waals surface area contributed by atoms with Crippen molar-refractivity contribution in [3.63, 3.8) is 0 Å². The normalized spacial score (nSPS) is 12.6. The van der Waals surface area contributed by atoms with Crippen molar-refractivity contribution in [2.75, 3.05) is 23.7 Å². The lowest BCUT2D eigenvalue weighted by Crippen LogP contribution is -2.56. The highest BCUT2D eigenvalue weighted by atomic mass is 32.2. The summed E-state index contributed by atoms with van der Waals surface area (Å²) in [5.74, 6) is -1.33. The SMILES string of the molecule is CC[C@@H](C(=O)NC(C)(C)C)N(CCc1ccccc1)C(=O)CN(c1ccc(F)cc1)S(C)(=O)=O. The minimum absolute atomic E-state index is 0.174. The largest absolute Gasteiger partial charge is 0.350 e. The van der Waals surface area contributed by atoms with Gasteiger partial charge in [-0.05, 0) is 63.4 Å². The van der Waals surface area contributed by atoms with Gasteiger partial charge in [0.1, 0.15) is 18.4 Å². The number of anilines is 1. The molecule has 0 saturated heterocycles. The third-order valence-corrected chi connectivity index (χ3v) is 6.30. The Hall–Kier alpha value is -2.94. The lowest BCUT2D eigenvalue weighted by Gasteiger charge is -2.34. The first-order valence-electron chi connectivity index (χ1n) is 11.2. The number of carbonyl (C=O) groups excluding carboxylic acids is 2. The molecular formula is C25H34FN3O4S. The van der Waals surface area contributed by atoms with Gasteiger partial charge in [0.15, 0.2) is 0 Å². The molecule has 0 aliphatic heterocycles. The Kier molecular flexibility index (Phi) is 9.21. The third-order valence-electron chi connectivity index (χ3n) is 5.16. The van der Waals surface area contributed by atoms with Gasteiger partial charge in [-0.1, -0.05) is 37.3 Å². The van der Waals surface area contributed by atoms with Crippen LogP contribution in [0.15, 0.2) is 54.6 Å². The fraction of sp³-hybridized carbons (Fsp3) is 0.440. The molecular weight excluding hydrogens is 457 g/mol. The van der Waals surface area contributed by atoms with Gasteiger partial charge in [0.05, 0.1) is 11.9 Å². The number of carbonyl (C=O) groups is 2. The highest BCUT2D eigenvalue weighted by Crippen LogP contribution is 2.19. The Labute approximate surface area is 202 Å². The summed E-state index contributed by atoms with van der Waals surface area (Å²) < 4.78 is 39.3. The average molecular weight is 492 g/mol. The van der Waals surface area contributed by atoms with Crippen molar-refractivity contribution in [2.24, 2.45) is 0 Å². The van der Waals surface area contributed by atoms with E-state index >= 15 is 0 Å². The van der Waals surface area contributed by atoms with Gasteiger partial charge in [0.25, 0.3) is 0 Å². The first-order chi connectivity index (χ1) is 15.8. The predicted octanol–water partition coefficient (Wildman–Crippen LogP) is 3.36. The molecule has 9 heteroatoms. The van der Waals surface area contributed by atoms with Crippen molar-refractivity contribution in [3.8, 4) is 0 Å². The van der Waals surface area contributed by atoms with Gasteiger partial charge in [-0.15, -0.1) is 0 Å². The third kappa shape index (κ3) is 8.13. The van der Waals surface area contributed by atoms with Gasteiger partial charge >= 0.3 is 0 Å². The molecule has 0 aromatic heterocycles. The van der Waals surface area contributed by atoms with Gasteiger partial charge in [-0.2, -0.15) is 0 Å². The van der Waals surface area contributed by atoms with Gasteiger partial charge in [-0.3, -0.25) is 13.9 Å². The number of hydrogen-bond donors (Lipinski definition) is 1. The maximum atomic E-state index is 13.5. The van der Waals surface area contributed by atoms with E-state index in [1.165, 1.54) is 17.0 Å². The van der Waals surface area contributed by atoms with Crippen molar-refractivity contribution in [1.29, 1.82) is 0 Å². The van der Waals surface area contributed by atoms with E-state index in [-0.39, 0.29) is 18.1 Å². The summed E-state index contributed by atoms with van der Waals surface area (Å²) in [7, 11) is -3.85. The Balaban J connectivity index is 2.36. The fourth-order valence-electron chi connectivity index (χ4n) is 3.57. The van der Waals surface area contributed by atoms with E-state index in [2.05, 4.69) is 5.32 Å². The number of nitrogens with zero attached hydrogens (tertiary/aromatic N) is 2. The standard InChI is InChI=1S/C25H34FN3O4S/c1-6-22(24(31)27-25(2,3)4)28(17-16-19-10-8-7-9-11-19)23(30)18-29(34(5,32)33)21-14-12-20(26)13-15-21/h7-15,22H,6,16-18H2,1-5H3,(H,27,31)/t22-/m0/s1. The smallest absolute Gasteiger partial charge is 0.244 e. The van der Waals surface area contributed by atoms with E-state index in [1.807, 2.05) is 58.0 Å². The van der Waals surface area contributed by atoms with Crippen LogP contribution in [0.1, 0.15) is 39.7 Å². The maximum Gasteiger partial charge on any atom is 0.244 e. The van der Waals surface area contributed by atoms with E-state index in [9.17, 15) is 22.4 Å². The topological polar surface area (TPSA) is 86.8 Å². The number of rotatable bonds is 10. The van der Waals surface area contributed by atoms with Gasteiger partial charge < -0.3 is 10.2 Å². The molecule has 0 saturated carbocycles. The van der Waals surface area contributed by atoms with Crippen LogP contribution >= 0.6 is 0 Å². The Morgan fingerprint density at radius 1 is 1.03 bits per heavy atom. The average Bonchev–Trinajstić information content (AvgIpc) is 2.74. The van der Waals surface area contributed by atoms with Crippen molar-refractivity contribution in [1.82, 2.24) is 10.2 Å². The predicted molar refractivity (Wildman–Crippen MR) is 132 cm³/mol. The maximum absolute atomic E-state index is 13.5. The number of halogens is 1. The molecule has 7 nitrogen and oxygen atoms in total. The fourth-order valence-corrected chi connectivity index (χ4v) is 4.42. The lowest BCUT2D eigenvalue weighted by molar-refractivity contribution is -0.140. The molecule has 0 heterocycles. The Bertz CT molecular complexity index is 1070. The van der Waals surface area contributed by atoms with Crippen LogP contribution in [0.2, 0.25) is 0 Å². The van der Waals surface area contributed by atoms with E-state index in [0.29, 0.717) is 12.8 Å². The minimum Gasteiger partial charge on any atom is -0.350 e. The van der Waals surface area contributed by atoms with Crippen LogP contribution in [-0.2, 0) is 26.0 Å². The molecule has 0 aliphatic carbocycles. The second-order valence-electron chi connectivity index (χ2n) is 9.23. The molecule has 2 rings (SSSR count). The van der Waals surface area contributed by atoms with Crippen molar-refractivity contribution >= 4 is 27.5 Å². The van der Waals surface area contributed by atoms with Crippen LogP contribution < -0.4 is 9.62 Å². The molecule has 0 spiro atoms. The minimum atomic E-state index is -3.85. The molecule has 0 unspecified atom stereocenters. The monoisotopic (exact) mass is 491 g/mol. The Morgan fingerprint density at radius 2 is 1.62 bits per heavy atom. The molecule has 0 aliphatic rings. The quantitative estimate of drug-likeness (QED) is 0.552. The molecule has 2 aromatic carbocycles. The summed E-state index contributed by atoms with van der Waals surface area (Å²) in [6, 6.07) is 13.7. The second-order valence-corrected chi connectivity index (χ2v) is 11.1. The molecule has 34 heavy (non-hydrogen) atoms. The van der Waals surface area contributed by atoms with Crippen LogP contribution in [0.25, 0.3) is 0 Å². The van der Waals surface area contributed by atoms with Gasteiger partial charge in [0, 0.05) is 12.1 Å². The molecule has 1 N–H and O–H groups in total. The van der Waals surface area contributed by atoms with Gasteiger partial charge in [-0.25, -0.2) is 12.8 Å². The summed E-state index contributed by atoms with van der Waals surface area (Å²) in [4.78, 5) is 28.0. The second kappa shape index (κ2) is 11.5. The zero-order valence-electron chi connectivity index (χ0n) is 20.4. The molecule has 0 bridgehead atoms. The van der Waals surface area contributed by atoms with Crippen LogP contribution in [-0.4, -0.2) is 56.1 Å². The number of sulfonamides is 1. The van der Waals surface area contributed by atoms with Crippen LogP contribution in [0, 0.1) is 5.82 Å². The van der Waals surface area contributed by atoms with Crippen molar-refractivity contribution in [3.05, 3.63) is 66.0 Å². The molecule has 186 valence electrons. The summed E-state index contributed by atoms with van der Waals surface area (Å²) in [5, 5.41) is 2.92. The number of nitrogens with one attached hydrogen (secondary N) is 1. The van der Waals surface area contributed by atoms with Crippen LogP contribution in [0.5, 0.6) is 0 Å². The summed E-state index contributed by atoms with van der Waals surface area (Å²) in [6.45, 7) is 7.11. The van der Waals surface area contributed by atoms with E-state index in [1.54, 1.807) is 0 Å². The first-order valence-corrected chi connectivity index (χ1v) is 13.1. The van der Waals surface area contributed by atoms with E-state index < -0.39 is 39.9 Å². The molecule has 2 aromatic rings. The molecule has 1 atom stereocenters. The van der Waals surface area contributed by atoms with Crippen molar-refractivity contribution < 1.29 is 22.4 Å². The number of amides is 2. The zero-order chi connectivity index (χ0) is 25.5. The Morgan fingerprint density at radius 3 is 2.12 bits per heavy atom. The zero-order valence-corrected chi connectivity index (χ0v) is 21.2.